The first kappa shape index (κ1) is 15.1. The van der Waals surface area contributed by atoms with Crippen LogP contribution in [0.25, 0.3) is 0 Å². The van der Waals surface area contributed by atoms with E-state index in [1.165, 1.54) is 5.56 Å². The number of benzene rings is 1. The van der Waals surface area contributed by atoms with Crippen LogP contribution in [0.1, 0.15) is 12.0 Å². The number of ether oxygens (including phenoxy) is 2. The zero-order chi connectivity index (χ0) is 15.4. The summed E-state index contributed by atoms with van der Waals surface area (Å²) in [4.78, 5) is 10.6. The van der Waals surface area contributed by atoms with Crippen molar-refractivity contribution in [3.8, 4) is 11.8 Å². The third-order valence-corrected chi connectivity index (χ3v) is 3.87. The summed E-state index contributed by atoms with van der Waals surface area (Å²) in [5, 5.41) is 0.774. The van der Waals surface area contributed by atoms with Crippen LogP contribution in [0.4, 0.5) is 0 Å². The van der Waals surface area contributed by atoms with Crippen molar-refractivity contribution in [1.82, 2.24) is 14.9 Å². The second-order valence-electron chi connectivity index (χ2n) is 5.30. The second kappa shape index (κ2) is 6.94. The van der Waals surface area contributed by atoms with Crippen molar-refractivity contribution < 1.29 is 9.47 Å². The Balaban J connectivity index is 1.53. The van der Waals surface area contributed by atoms with Crippen LogP contribution in [0.2, 0.25) is 5.02 Å². The van der Waals surface area contributed by atoms with E-state index in [1.54, 1.807) is 19.5 Å². The van der Waals surface area contributed by atoms with E-state index in [4.69, 9.17) is 21.1 Å². The van der Waals surface area contributed by atoms with E-state index in [1.807, 2.05) is 18.2 Å². The van der Waals surface area contributed by atoms with E-state index in [9.17, 15) is 0 Å². The maximum atomic E-state index is 6.02. The highest BCUT2D eigenvalue weighted by atomic mass is 35.5. The van der Waals surface area contributed by atoms with Gasteiger partial charge in [-0.2, -0.15) is 9.97 Å². The lowest BCUT2D eigenvalue weighted by Crippen LogP contribution is -2.25. The minimum atomic E-state index is 0.118. The van der Waals surface area contributed by atoms with Gasteiger partial charge in [-0.3, -0.25) is 4.90 Å². The maximum absolute atomic E-state index is 6.02. The molecular formula is C16H18ClN3O2. The van der Waals surface area contributed by atoms with Gasteiger partial charge in [0.2, 0.25) is 0 Å². The van der Waals surface area contributed by atoms with Gasteiger partial charge in [0.1, 0.15) is 6.10 Å². The molecule has 3 rings (SSSR count). The fraction of sp³-hybridized carbons (Fsp3) is 0.375. The third kappa shape index (κ3) is 3.87. The number of halogens is 1. The van der Waals surface area contributed by atoms with Gasteiger partial charge in [0.05, 0.1) is 19.5 Å². The van der Waals surface area contributed by atoms with Crippen LogP contribution in [0.15, 0.2) is 36.7 Å². The van der Waals surface area contributed by atoms with E-state index in [0.29, 0.717) is 11.8 Å². The number of hydrogen-bond acceptors (Lipinski definition) is 5. The van der Waals surface area contributed by atoms with Gasteiger partial charge < -0.3 is 9.47 Å². The van der Waals surface area contributed by atoms with Crippen LogP contribution in [-0.2, 0) is 6.54 Å². The van der Waals surface area contributed by atoms with E-state index < -0.39 is 0 Å². The molecule has 22 heavy (non-hydrogen) atoms. The Labute approximate surface area is 134 Å². The monoisotopic (exact) mass is 319 g/mol. The quantitative estimate of drug-likeness (QED) is 0.848. The SMILES string of the molecule is COc1cnc(OC2CCN(Cc3cccc(Cl)c3)C2)nc1. The van der Waals surface area contributed by atoms with Crippen molar-refractivity contribution in [3.63, 3.8) is 0 Å². The largest absolute Gasteiger partial charge is 0.494 e. The summed E-state index contributed by atoms with van der Waals surface area (Å²) in [5.41, 5.74) is 1.22. The van der Waals surface area contributed by atoms with Crippen LogP contribution >= 0.6 is 11.6 Å². The summed E-state index contributed by atoms with van der Waals surface area (Å²) < 4.78 is 10.9. The predicted octanol–water partition coefficient (Wildman–Crippen LogP) is 2.79. The van der Waals surface area contributed by atoms with Crippen molar-refractivity contribution in [2.75, 3.05) is 20.2 Å². The predicted molar refractivity (Wildman–Crippen MR) is 84.3 cm³/mol. The summed E-state index contributed by atoms with van der Waals surface area (Å²) >= 11 is 6.02. The fourth-order valence-corrected chi connectivity index (χ4v) is 2.76. The Morgan fingerprint density at radius 1 is 1.32 bits per heavy atom. The fourth-order valence-electron chi connectivity index (χ4n) is 2.55. The van der Waals surface area contributed by atoms with Gasteiger partial charge >= 0.3 is 6.01 Å². The molecule has 2 aromatic rings. The van der Waals surface area contributed by atoms with Crippen molar-refractivity contribution in [1.29, 1.82) is 0 Å². The number of aromatic nitrogens is 2. The lowest BCUT2D eigenvalue weighted by Gasteiger charge is -2.16. The molecule has 5 nitrogen and oxygen atoms in total. The summed E-state index contributed by atoms with van der Waals surface area (Å²) in [5.74, 6) is 0.626. The van der Waals surface area contributed by atoms with Crippen LogP contribution in [-0.4, -0.2) is 41.2 Å². The lowest BCUT2D eigenvalue weighted by molar-refractivity contribution is 0.183. The molecule has 1 fully saturated rings. The molecule has 1 atom stereocenters. The first-order valence-electron chi connectivity index (χ1n) is 7.22. The molecule has 1 aliphatic rings. The number of methoxy groups -OCH3 is 1. The standard InChI is InChI=1S/C16H18ClN3O2/c1-21-15-8-18-16(19-9-15)22-14-5-6-20(11-14)10-12-3-2-4-13(17)7-12/h2-4,7-9,14H,5-6,10-11H2,1H3. The lowest BCUT2D eigenvalue weighted by atomic mass is 10.2. The van der Waals surface area contributed by atoms with Crippen LogP contribution < -0.4 is 9.47 Å². The Morgan fingerprint density at radius 3 is 2.86 bits per heavy atom. The van der Waals surface area contributed by atoms with Gasteiger partial charge in [-0.15, -0.1) is 0 Å². The molecule has 1 aromatic heterocycles. The Kier molecular flexibility index (Phi) is 4.75. The van der Waals surface area contributed by atoms with E-state index in [0.717, 1.165) is 31.1 Å². The maximum Gasteiger partial charge on any atom is 0.316 e. The van der Waals surface area contributed by atoms with Gasteiger partial charge in [-0.1, -0.05) is 23.7 Å². The topological polar surface area (TPSA) is 47.5 Å². The highest BCUT2D eigenvalue weighted by Crippen LogP contribution is 2.19. The highest BCUT2D eigenvalue weighted by Gasteiger charge is 2.24. The van der Waals surface area contributed by atoms with Gasteiger partial charge in [-0.05, 0) is 24.1 Å². The van der Waals surface area contributed by atoms with Crippen LogP contribution in [0.3, 0.4) is 0 Å². The number of nitrogens with zero attached hydrogens (tertiary/aromatic N) is 3. The zero-order valence-corrected chi connectivity index (χ0v) is 13.2. The minimum Gasteiger partial charge on any atom is -0.494 e. The smallest absolute Gasteiger partial charge is 0.316 e. The first-order chi connectivity index (χ1) is 10.7. The Morgan fingerprint density at radius 2 is 2.14 bits per heavy atom. The van der Waals surface area contributed by atoms with Gasteiger partial charge in [-0.25, -0.2) is 0 Å². The number of rotatable bonds is 5. The molecule has 0 N–H and O–H groups in total. The van der Waals surface area contributed by atoms with Crippen molar-refractivity contribution >= 4 is 11.6 Å². The van der Waals surface area contributed by atoms with E-state index in [2.05, 4.69) is 20.9 Å². The summed E-state index contributed by atoms with van der Waals surface area (Å²) in [6.07, 6.45) is 4.31. The molecule has 1 saturated heterocycles. The molecular weight excluding hydrogens is 302 g/mol. The molecule has 116 valence electrons. The summed E-state index contributed by atoms with van der Waals surface area (Å²) in [6, 6.07) is 8.36. The van der Waals surface area contributed by atoms with Crippen molar-refractivity contribution in [3.05, 3.63) is 47.2 Å². The van der Waals surface area contributed by atoms with Crippen LogP contribution in [0, 0.1) is 0 Å². The average Bonchev–Trinajstić information content (AvgIpc) is 2.95. The van der Waals surface area contributed by atoms with Gasteiger partial charge in [0.15, 0.2) is 5.75 Å². The van der Waals surface area contributed by atoms with Crippen molar-refractivity contribution in [2.45, 2.75) is 19.1 Å². The molecule has 2 heterocycles. The van der Waals surface area contributed by atoms with Crippen molar-refractivity contribution in [2.24, 2.45) is 0 Å². The molecule has 0 radical (unpaired) electrons. The molecule has 1 aromatic carbocycles. The molecule has 1 aliphatic heterocycles. The molecule has 0 bridgehead atoms. The van der Waals surface area contributed by atoms with E-state index >= 15 is 0 Å². The minimum absolute atomic E-state index is 0.118. The molecule has 0 amide bonds. The zero-order valence-electron chi connectivity index (χ0n) is 12.4. The molecule has 0 aliphatic carbocycles. The second-order valence-corrected chi connectivity index (χ2v) is 5.74. The number of hydrogen-bond donors (Lipinski definition) is 0. The molecule has 1 unspecified atom stereocenters. The van der Waals surface area contributed by atoms with Crippen LogP contribution in [0.5, 0.6) is 11.8 Å². The normalized spacial score (nSPS) is 18.4. The summed E-state index contributed by atoms with van der Waals surface area (Å²) in [7, 11) is 1.59. The van der Waals surface area contributed by atoms with Gasteiger partial charge in [0.25, 0.3) is 0 Å². The first-order valence-corrected chi connectivity index (χ1v) is 7.60. The third-order valence-electron chi connectivity index (χ3n) is 3.64. The number of likely N-dealkylation sites (tertiary alicyclic amines) is 1. The average molecular weight is 320 g/mol. The summed E-state index contributed by atoms with van der Waals surface area (Å²) in [6.45, 7) is 2.74. The Bertz CT molecular complexity index is 621. The van der Waals surface area contributed by atoms with Gasteiger partial charge in [0, 0.05) is 24.7 Å². The molecule has 0 saturated carbocycles. The Hall–Kier alpha value is -1.85. The molecule has 0 spiro atoms. The molecule has 6 heteroatoms. The van der Waals surface area contributed by atoms with E-state index in [-0.39, 0.29) is 6.10 Å². The highest BCUT2D eigenvalue weighted by molar-refractivity contribution is 6.30.